The van der Waals surface area contributed by atoms with Crippen LogP contribution in [-0.4, -0.2) is 31.8 Å². The topological polar surface area (TPSA) is 54.0 Å². The summed E-state index contributed by atoms with van der Waals surface area (Å²) in [6.07, 6.45) is 2.74. The Morgan fingerprint density at radius 2 is 1.23 bits per heavy atom. The van der Waals surface area contributed by atoms with Gasteiger partial charge in [-0.15, -0.1) is 0 Å². The van der Waals surface area contributed by atoms with Gasteiger partial charge in [0.25, 0.3) is 0 Å². The van der Waals surface area contributed by atoms with Gasteiger partial charge in [-0.1, -0.05) is 102 Å². The number of hydrogen-bond acceptors (Lipinski definition) is 5. The summed E-state index contributed by atoms with van der Waals surface area (Å²) in [7, 11) is 1.62. The van der Waals surface area contributed by atoms with Gasteiger partial charge >= 0.3 is 6.16 Å². The first kappa shape index (κ1) is 45.2. The fourth-order valence-corrected chi connectivity index (χ4v) is 4.91. The number of ether oxygens (including phenoxy) is 4. The van der Waals surface area contributed by atoms with Gasteiger partial charge in [-0.25, -0.2) is 4.79 Å². The Hall–Kier alpha value is -2.83. The Kier molecular flexibility index (Phi) is 22.9. The van der Waals surface area contributed by atoms with Gasteiger partial charge in [0.2, 0.25) is 0 Å². The van der Waals surface area contributed by atoms with Crippen molar-refractivity contribution in [2.45, 2.75) is 121 Å². The minimum absolute atomic E-state index is 0.121. The molecule has 3 rings (SSSR count). The molecule has 0 saturated heterocycles. The second-order valence-corrected chi connectivity index (χ2v) is 15.5. The van der Waals surface area contributed by atoms with Crippen LogP contribution in [0, 0.1) is 31.6 Å². The number of hydrogen-bond donors (Lipinski definition) is 0. The average molecular weight is 730 g/mol. The van der Waals surface area contributed by atoms with E-state index in [1.165, 1.54) is 40.7 Å². The largest absolute Gasteiger partial charge is 0.509 e. The van der Waals surface area contributed by atoms with Crippen molar-refractivity contribution in [3.8, 4) is 5.75 Å². The zero-order valence-electron chi connectivity index (χ0n) is 32.4. The maximum Gasteiger partial charge on any atom is 0.509 e. The highest BCUT2D eigenvalue weighted by Crippen LogP contribution is 2.29. The van der Waals surface area contributed by atoms with E-state index in [0.29, 0.717) is 5.92 Å². The van der Waals surface area contributed by atoms with Crippen molar-refractivity contribution in [2.24, 2.45) is 17.8 Å². The molecule has 0 aromatic heterocycles. The normalized spacial score (nSPS) is 10.8. The van der Waals surface area contributed by atoms with Crippen LogP contribution in [-0.2, 0) is 33.5 Å². The van der Waals surface area contributed by atoms with Crippen LogP contribution in [0.3, 0.4) is 0 Å². The number of carbonyl (C=O) groups is 1. The van der Waals surface area contributed by atoms with Crippen LogP contribution >= 0.6 is 15.9 Å². The van der Waals surface area contributed by atoms with Crippen LogP contribution in [0.25, 0.3) is 0 Å². The first-order valence-electron chi connectivity index (χ1n) is 17.2. The lowest BCUT2D eigenvalue weighted by Crippen LogP contribution is -2.25. The van der Waals surface area contributed by atoms with Crippen LogP contribution in [0.4, 0.5) is 4.79 Å². The number of carbonyl (C=O) groups excluding carboxylic acids is 1. The first-order valence-corrected chi connectivity index (χ1v) is 18.0. The molecule has 0 unspecified atom stereocenters. The molecule has 270 valence electrons. The molecule has 3 aromatic carbocycles. The van der Waals surface area contributed by atoms with Gasteiger partial charge in [0, 0.05) is 7.11 Å². The second kappa shape index (κ2) is 24.3. The summed E-state index contributed by atoms with van der Waals surface area (Å²) in [5.41, 5.74) is 6.40. The molecular formula is C42H65BrO5. The van der Waals surface area contributed by atoms with Gasteiger partial charge in [0.1, 0.15) is 11.4 Å². The van der Waals surface area contributed by atoms with Gasteiger partial charge in [-0.3, -0.25) is 0 Å². The fourth-order valence-electron chi connectivity index (χ4n) is 4.34. The highest BCUT2D eigenvalue weighted by molar-refractivity contribution is 9.10. The van der Waals surface area contributed by atoms with Gasteiger partial charge < -0.3 is 18.9 Å². The number of benzene rings is 3. The second-order valence-electron chi connectivity index (χ2n) is 14.7. The molecule has 0 bridgehead atoms. The number of aryl methyl sites for hydroxylation is 2. The molecule has 0 aliphatic carbocycles. The molecular weight excluding hydrogens is 664 g/mol. The Bertz CT molecular complexity index is 1260. The monoisotopic (exact) mass is 728 g/mol. The van der Waals surface area contributed by atoms with Crippen LogP contribution in [0.2, 0.25) is 0 Å². The van der Waals surface area contributed by atoms with E-state index >= 15 is 0 Å². The molecule has 48 heavy (non-hydrogen) atoms. The van der Waals surface area contributed by atoms with Crippen molar-refractivity contribution in [3.05, 3.63) is 99.0 Å². The van der Waals surface area contributed by atoms with Gasteiger partial charge in [0.15, 0.2) is 6.79 Å². The third-order valence-electron chi connectivity index (χ3n) is 6.32. The predicted octanol–water partition coefficient (Wildman–Crippen LogP) is 12.4. The van der Waals surface area contributed by atoms with E-state index in [9.17, 15) is 4.79 Å². The lowest BCUT2D eigenvalue weighted by Gasteiger charge is -2.19. The molecule has 3 aromatic rings. The van der Waals surface area contributed by atoms with Crippen molar-refractivity contribution >= 4 is 22.1 Å². The summed E-state index contributed by atoms with van der Waals surface area (Å²) >= 11 is 3.50. The predicted molar refractivity (Wildman–Crippen MR) is 207 cm³/mol. The molecule has 0 aliphatic heterocycles. The zero-order chi connectivity index (χ0) is 36.9. The maximum absolute atomic E-state index is 10.8. The minimum Gasteiger partial charge on any atom is -0.466 e. The molecule has 0 atom stereocenters. The summed E-state index contributed by atoms with van der Waals surface area (Å²) in [5.74, 6) is 3.03. The highest BCUT2D eigenvalue weighted by atomic mass is 79.9. The molecule has 0 saturated carbocycles. The molecule has 0 heterocycles. The standard InChI is InChI=1S/C13H19BrO2.C11H16.C10H14.C8H16O3/c1-9(2)5-11-7-13(16-8-15-4)12(14)6-10(11)3;1-9(2)8-11-6-4-10(3)5-7-11;1-9(2)8-10-6-4-3-5-7-10;1-6(2)10-7(9)11-8(3,4)5/h6-7,9H,5,8H2,1-4H3;4-7,9H,8H2,1-3H3;3-7,9H,8H2,1-2H3;6H,1-5H3. The molecule has 5 nitrogen and oxygen atoms in total. The minimum atomic E-state index is -0.604. The van der Waals surface area contributed by atoms with Crippen molar-refractivity contribution < 1.29 is 23.7 Å². The number of rotatable bonds is 10. The van der Waals surface area contributed by atoms with E-state index in [0.717, 1.165) is 28.5 Å². The summed E-state index contributed by atoms with van der Waals surface area (Å²) in [6, 6.07) is 23.6. The maximum atomic E-state index is 10.8. The SMILES string of the molecule is CC(C)Cc1ccccc1.CC(C)OC(=O)OC(C)(C)C.COCOc1cc(CC(C)C)c(C)cc1Br.Cc1ccc(CC(C)C)cc1. The molecule has 0 fully saturated rings. The smallest absolute Gasteiger partial charge is 0.466 e. The number of methoxy groups -OCH3 is 1. The van der Waals surface area contributed by atoms with Gasteiger partial charge in [0.05, 0.1) is 10.6 Å². The van der Waals surface area contributed by atoms with E-state index in [1.807, 2.05) is 0 Å². The van der Waals surface area contributed by atoms with Crippen LogP contribution < -0.4 is 4.74 Å². The summed E-state index contributed by atoms with van der Waals surface area (Å²) in [5, 5.41) is 0. The van der Waals surface area contributed by atoms with E-state index in [2.05, 4.69) is 138 Å². The lowest BCUT2D eigenvalue weighted by atomic mass is 9.98. The highest BCUT2D eigenvalue weighted by Gasteiger charge is 2.17. The van der Waals surface area contributed by atoms with E-state index in [4.69, 9.17) is 18.9 Å². The Balaban J connectivity index is 0.000000625. The van der Waals surface area contributed by atoms with Gasteiger partial charge in [-0.05, 0) is 136 Å². The fraction of sp³-hybridized carbons (Fsp3) is 0.548. The third kappa shape index (κ3) is 24.3. The van der Waals surface area contributed by atoms with Crippen molar-refractivity contribution in [3.63, 3.8) is 0 Å². The Morgan fingerprint density at radius 1 is 0.729 bits per heavy atom. The van der Waals surface area contributed by atoms with Crippen molar-refractivity contribution in [1.29, 1.82) is 0 Å². The zero-order valence-corrected chi connectivity index (χ0v) is 34.0. The molecule has 6 heteroatoms. The molecule has 0 radical (unpaired) electrons. The molecule has 0 amide bonds. The summed E-state index contributed by atoms with van der Waals surface area (Å²) in [4.78, 5) is 10.8. The van der Waals surface area contributed by atoms with Gasteiger partial charge in [-0.2, -0.15) is 0 Å². The van der Waals surface area contributed by atoms with Crippen molar-refractivity contribution in [2.75, 3.05) is 13.9 Å². The van der Waals surface area contributed by atoms with Crippen LogP contribution in [0.1, 0.15) is 104 Å². The third-order valence-corrected chi connectivity index (χ3v) is 6.94. The quantitative estimate of drug-likeness (QED) is 0.154. The Labute approximate surface area is 302 Å². The van der Waals surface area contributed by atoms with Crippen LogP contribution in [0.15, 0.2) is 71.2 Å². The van der Waals surface area contributed by atoms with E-state index in [-0.39, 0.29) is 12.9 Å². The molecule has 0 aliphatic rings. The molecule has 0 N–H and O–H groups in total. The van der Waals surface area contributed by atoms with E-state index in [1.54, 1.807) is 41.7 Å². The number of halogens is 1. The first-order chi connectivity index (χ1) is 22.3. The Morgan fingerprint density at radius 3 is 1.67 bits per heavy atom. The summed E-state index contributed by atoms with van der Waals surface area (Å²) < 4.78 is 21.0. The summed E-state index contributed by atoms with van der Waals surface area (Å²) in [6.45, 7) is 26.9. The van der Waals surface area contributed by atoms with Crippen molar-refractivity contribution in [1.82, 2.24) is 0 Å². The molecule has 0 spiro atoms. The van der Waals surface area contributed by atoms with Crippen LogP contribution in [0.5, 0.6) is 5.75 Å². The lowest BCUT2D eigenvalue weighted by molar-refractivity contribution is -0.0199. The average Bonchev–Trinajstić information content (AvgIpc) is 2.94. The van der Waals surface area contributed by atoms with E-state index < -0.39 is 11.8 Å².